The molecule has 1 heterocycles. The molecular formula is C16H22O4. The highest BCUT2D eigenvalue weighted by atomic mass is 16.7. The van der Waals surface area contributed by atoms with E-state index in [0.29, 0.717) is 6.61 Å². The number of ether oxygens (including phenoxy) is 3. The number of benzene rings is 1. The Balaban J connectivity index is 1.51. The van der Waals surface area contributed by atoms with Crippen molar-refractivity contribution >= 4 is 0 Å². The maximum atomic E-state index is 10.4. The van der Waals surface area contributed by atoms with Gasteiger partial charge < -0.3 is 19.3 Å². The predicted octanol–water partition coefficient (Wildman–Crippen LogP) is 2.11. The van der Waals surface area contributed by atoms with Gasteiger partial charge in [0.05, 0.1) is 32.0 Å². The Labute approximate surface area is 119 Å². The molecule has 1 aliphatic heterocycles. The maximum absolute atomic E-state index is 10.4. The zero-order valence-electron chi connectivity index (χ0n) is 11.6. The third-order valence-corrected chi connectivity index (χ3v) is 4.11. The summed E-state index contributed by atoms with van der Waals surface area (Å²) < 4.78 is 17.1. The number of aliphatic hydroxyl groups is 1. The normalized spacial score (nSPS) is 31.6. The summed E-state index contributed by atoms with van der Waals surface area (Å²) >= 11 is 0. The van der Waals surface area contributed by atoms with E-state index in [1.165, 1.54) is 0 Å². The van der Waals surface area contributed by atoms with Gasteiger partial charge in [0, 0.05) is 5.92 Å². The molecule has 1 N–H and O–H groups in total. The molecule has 3 atom stereocenters. The van der Waals surface area contributed by atoms with Crippen LogP contribution in [0.2, 0.25) is 0 Å². The van der Waals surface area contributed by atoms with Gasteiger partial charge in [0.2, 0.25) is 0 Å². The van der Waals surface area contributed by atoms with Crippen LogP contribution in [0, 0.1) is 5.92 Å². The standard InChI is InChI=1S/C16H22O4/c17-15-13(16-18-9-4-10-19-16)7-8-14(15)20-11-12-5-2-1-3-6-12/h1-3,5-6,13-17H,4,7-11H2/t13-,14+,15+/m0/s1. The van der Waals surface area contributed by atoms with E-state index < -0.39 is 6.10 Å². The summed E-state index contributed by atoms with van der Waals surface area (Å²) in [6, 6.07) is 10.0. The fourth-order valence-corrected chi connectivity index (χ4v) is 2.98. The van der Waals surface area contributed by atoms with Crippen molar-refractivity contribution in [1.82, 2.24) is 0 Å². The van der Waals surface area contributed by atoms with E-state index in [-0.39, 0.29) is 18.3 Å². The van der Waals surface area contributed by atoms with E-state index >= 15 is 0 Å². The maximum Gasteiger partial charge on any atom is 0.162 e. The fourth-order valence-electron chi connectivity index (χ4n) is 2.98. The summed E-state index contributed by atoms with van der Waals surface area (Å²) in [5.74, 6) is 0.0380. The molecule has 0 aromatic heterocycles. The van der Waals surface area contributed by atoms with Gasteiger partial charge in [0.25, 0.3) is 0 Å². The van der Waals surface area contributed by atoms with Crippen molar-refractivity contribution in [1.29, 1.82) is 0 Å². The highest BCUT2D eigenvalue weighted by molar-refractivity contribution is 5.13. The molecule has 3 rings (SSSR count). The Morgan fingerprint density at radius 2 is 1.85 bits per heavy atom. The predicted molar refractivity (Wildman–Crippen MR) is 74.1 cm³/mol. The monoisotopic (exact) mass is 278 g/mol. The lowest BCUT2D eigenvalue weighted by Crippen LogP contribution is -2.39. The first-order valence-corrected chi connectivity index (χ1v) is 7.41. The molecule has 110 valence electrons. The molecule has 0 unspecified atom stereocenters. The first-order valence-electron chi connectivity index (χ1n) is 7.41. The lowest BCUT2D eigenvalue weighted by atomic mass is 10.0. The molecule has 0 bridgehead atoms. The van der Waals surface area contributed by atoms with Crippen LogP contribution in [0.4, 0.5) is 0 Å². The number of rotatable bonds is 4. The number of hydrogen-bond donors (Lipinski definition) is 1. The second-order valence-electron chi connectivity index (χ2n) is 5.53. The van der Waals surface area contributed by atoms with Gasteiger partial charge in [-0.3, -0.25) is 0 Å². The Morgan fingerprint density at radius 3 is 2.60 bits per heavy atom. The molecule has 1 aromatic carbocycles. The van der Waals surface area contributed by atoms with Gasteiger partial charge in [0.15, 0.2) is 6.29 Å². The molecule has 4 nitrogen and oxygen atoms in total. The van der Waals surface area contributed by atoms with Crippen LogP contribution in [0.15, 0.2) is 30.3 Å². The summed E-state index contributed by atoms with van der Waals surface area (Å²) in [6.45, 7) is 1.99. The molecule has 4 heteroatoms. The van der Waals surface area contributed by atoms with E-state index in [9.17, 15) is 5.11 Å². The van der Waals surface area contributed by atoms with E-state index in [2.05, 4.69) is 0 Å². The van der Waals surface area contributed by atoms with Crippen LogP contribution in [0.1, 0.15) is 24.8 Å². The molecule has 1 saturated heterocycles. The van der Waals surface area contributed by atoms with E-state index in [0.717, 1.165) is 38.0 Å². The molecule has 0 radical (unpaired) electrons. The molecular weight excluding hydrogens is 256 g/mol. The quantitative estimate of drug-likeness (QED) is 0.916. The highest BCUT2D eigenvalue weighted by Crippen LogP contribution is 2.34. The Bertz CT molecular complexity index is 402. The number of hydrogen-bond acceptors (Lipinski definition) is 4. The number of aliphatic hydroxyl groups excluding tert-OH is 1. The minimum absolute atomic E-state index is 0.0380. The molecule has 0 spiro atoms. The SMILES string of the molecule is O[C@@H]1[C@@H](C2OCCCO2)CC[C@H]1OCc1ccccc1. The van der Waals surface area contributed by atoms with Gasteiger partial charge in [-0.25, -0.2) is 0 Å². The Hall–Kier alpha value is -0.940. The van der Waals surface area contributed by atoms with Gasteiger partial charge in [-0.1, -0.05) is 30.3 Å². The van der Waals surface area contributed by atoms with Crippen LogP contribution in [0.5, 0.6) is 0 Å². The van der Waals surface area contributed by atoms with Crippen LogP contribution in [0.25, 0.3) is 0 Å². The highest BCUT2D eigenvalue weighted by Gasteiger charge is 2.41. The van der Waals surface area contributed by atoms with Gasteiger partial charge in [-0.05, 0) is 24.8 Å². The smallest absolute Gasteiger partial charge is 0.162 e. The lowest BCUT2D eigenvalue weighted by molar-refractivity contribution is -0.220. The summed E-state index contributed by atoms with van der Waals surface area (Å²) in [6.07, 6.45) is 1.82. The largest absolute Gasteiger partial charge is 0.390 e. The first-order chi connectivity index (χ1) is 9.84. The molecule has 2 aliphatic rings. The molecule has 1 aliphatic carbocycles. The molecule has 1 saturated carbocycles. The Kier molecular flexibility index (Phi) is 4.68. The second kappa shape index (κ2) is 6.68. The van der Waals surface area contributed by atoms with Crippen molar-refractivity contribution in [2.75, 3.05) is 13.2 Å². The summed E-state index contributed by atoms with van der Waals surface area (Å²) in [7, 11) is 0. The fraction of sp³-hybridized carbons (Fsp3) is 0.625. The van der Waals surface area contributed by atoms with Crippen molar-refractivity contribution < 1.29 is 19.3 Å². The van der Waals surface area contributed by atoms with Gasteiger partial charge >= 0.3 is 0 Å². The minimum atomic E-state index is -0.498. The van der Waals surface area contributed by atoms with Crippen molar-refractivity contribution in [3.8, 4) is 0 Å². The van der Waals surface area contributed by atoms with Crippen LogP contribution < -0.4 is 0 Å². The Morgan fingerprint density at radius 1 is 1.10 bits per heavy atom. The van der Waals surface area contributed by atoms with Crippen LogP contribution in [-0.2, 0) is 20.8 Å². The van der Waals surface area contributed by atoms with E-state index in [1.807, 2.05) is 30.3 Å². The minimum Gasteiger partial charge on any atom is -0.390 e. The van der Waals surface area contributed by atoms with E-state index in [1.54, 1.807) is 0 Å². The van der Waals surface area contributed by atoms with Gasteiger partial charge in [-0.15, -0.1) is 0 Å². The van der Waals surface area contributed by atoms with Crippen LogP contribution in [-0.4, -0.2) is 36.8 Å². The molecule has 20 heavy (non-hydrogen) atoms. The summed E-state index contributed by atoms with van der Waals surface area (Å²) in [5.41, 5.74) is 1.13. The zero-order valence-corrected chi connectivity index (χ0v) is 11.6. The second-order valence-corrected chi connectivity index (χ2v) is 5.53. The van der Waals surface area contributed by atoms with Crippen molar-refractivity contribution in [2.24, 2.45) is 5.92 Å². The third kappa shape index (κ3) is 3.20. The molecule has 2 fully saturated rings. The topological polar surface area (TPSA) is 47.9 Å². The third-order valence-electron chi connectivity index (χ3n) is 4.11. The van der Waals surface area contributed by atoms with Crippen LogP contribution >= 0.6 is 0 Å². The lowest BCUT2D eigenvalue weighted by Gasteiger charge is -2.30. The molecule has 0 amide bonds. The first kappa shape index (κ1) is 14.0. The zero-order chi connectivity index (χ0) is 13.8. The van der Waals surface area contributed by atoms with Crippen molar-refractivity contribution in [3.05, 3.63) is 35.9 Å². The van der Waals surface area contributed by atoms with Crippen molar-refractivity contribution in [3.63, 3.8) is 0 Å². The van der Waals surface area contributed by atoms with Gasteiger partial charge in [0.1, 0.15) is 0 Å². The van der Waals surface area contributed by atoms with Crippen molar-refractivity contribution in [2.45, 2.75) is 44.4 Å². The average Bonchev–Trinajstić information content (AvgIpc) is 2.88. The summed E-state index contributed by atoms with van der Waals surface area (Å²) in [4.78, 5) is 0. The summed E-state index contributed by atoms with van der Waals surface area (Å²) in [5, 5.41) is 10.4. The van der Waals surface area contributed by atoms with Crippen LogP contribution in [0.3, 0.4) is 0 Å². The molecule has 1 aromatic rings. The average molecular weight is 278 g/mol. The van der Waals surface area contributed by atoms with E-state index in [4.69, 9.17) is 14.2 Å². The van der Waals surface area contributed by atoms with Gasteiger partial charge in [-0.2, -0.15) is 0 Å².